The Morgan fingerprint density at radius 2 is 2.04 bits per heavy atom. The Morgan fingerprint density at radius 1 is 1.31 bits per heavy atom. The van der Waals surface area contributed by atoms with E-state index in [1.165, 1.54) is 0 Å². The Bertz CT molecular complexity index is 843. The van der Waals surface area contributed by atoms with Gasteiger partial charge in [0.05, 0.1) is 29.3 Å². The molecule has 1 amide bonds. The quantitative estimate of drug-likeness (QED) is 0.850. The van der Waals surface area contributed by atoms with Crippen LogP contribution in [0.3, 0.4) is 0 Å². The smallest absolute Gasteiger partial charge is 0.311 e. The Morgan fingerprint density at radius 3 is 2.69 bits per heavy atom. The van der Waals surface area contributed by atoms with E-state index < -0.39 is 11.4 Å². The molecule has 2 heterocycles. The van der Waals surface area contributed by atoms with Crippen molar-refractivity contribution in [2.24, 2.45) is 5.41 Å². The lowest BCUT2D eigenvalue weighted by Crippen LogP contribution is -2.46. The van der Waals surface area contributed by atoms with Gasteiger partial charge in [0.15, 0.2) is 0 Å². The number of aliphatic carboxylic acids is 1. The van der Waals surface area contributed by atoms with Crippen molar-refractivity contribution < 1.29 is 24.2 Å². The number of methoxy groups -OCH3 is 1. The minimum atomic E-state index is -0.973. The second-order valence-electron chi connectivity index (χ2n) is 6.56. The van der Waals surface area contributed by atoms with E-state index in [1.807, 2.05) is 18.2 Å². The summed E-state index contributed by atoms with van der Waals surface area (Å²) in [5.41, 5.74) is 0.791. The molecule has 7 nitrogen and oxygen atoms in total. The fourth-order valence-electron chi connectivity index (χ4n) is 3.17. The molecule has 2 aromatic rings. The van der Waals surface area contributed by atoms with Crippen molar-refractivity contribution in [3.05, 3.63) is 35.5 Å². The summed E-state index contributed by atoms with van der Waals surface area (Å²) < 4.78 is 10.5. The SMILES string of the molecule is COc1ccc2cc(C(=O)NCC3(C(=O)O)CCOCC3)c(C)nc2c1. The first-order valence-electron chi connectivity index (χ1n) is 8.50. The fourth-order valence-corrected chi connectivity index (χ4v) is 3.17. The number of carboxylic acids is 1. The predicted octanol–water partition coefficient (Wildman–Crippen LogP) is 2.16. The molecule has 1 aromatic carbocycles. The molecule has 0 saturated carbocycles. The van der Waals surface area contributed by atoms with Crippen molar-refractivity contribution in [3.8, 4) is 5.75 Å². The van der Waals surface area contributed by atoms with Crippen LogP contribution in [0, 0.1) is 12.3 Å². The third kappa shape index (κ3) is 3.48. The van der Waals surface area contributed by atoms with E-state index >= 15 is 0 Å². The number of fused-ring (bicyclic) bond motifs is 1. The lowest BCUT2D eigenvalue weighted by molar-refractivity contribution is -0.154. The van der Waals surface area contributed by atoms with Gasteiger partial charge in [-0.05, 0) is 38.0 Å². The number of nitrogens with zero attached hydrogens (tertiary/aromatic N) is 1. The van der Waals surface area contributed by atoms with E-state index in [0.29, 0.717) is 43.1 Å². The standard InChI is InChI=1S/C19H22N2O5/c1-12-15(9-13-3-4-14(25-2)10-16(13)21-12)17(22)20-11-19(18(23)24)5-7-26-8-6-19/h3-4,9-10H,5-8,11H2,1-2H3,(H,20,22)(H,23,24). The van der Waals surface area contributed by atoms with Crippen molar-refractivity contribution in [3.63, 3.8) is 0 Å². The highest BCUT2D eigenvalue weighted by atomic mass is 16.5. The fraction of sp³-hybridized carbons (Fsp3) is 0.421. The summed E-state index contributed by atoms with van der Waals surface area (Å²) in [6, 6.07) is 7.23. The monoisotopic (exact) mass is 358 g/mol. The van der Waals surface area contributed by atoms with Gasteiger partial charge in [-0.25, -0.2) is 0 Å². The molecule has 1 saturated heterocycles. The van der Waals surface area contributed by atoms with Gasteiger partial charge in [0, 0.05) is 31.2 Å². The first-order valence-corrected chi connectivity index (χ1v) is 8.50. The molecule has 7 heteroatoms. The summed E-state index contributed by atoms with van der Waals surface area (Å²) in [4.78, 5) is 28.8. The predicted molar refractivity (Wildman–Crippen MR) is 95.5 cm³/mol. The Hall–Kier alpha value is -2.67. The molecule has 26 heavy (non-hydrogen) atoms. The topological polar surface area (TPSA) is 97.8 Å². The molecule has 1 aliphatic heterocycles. The number of aryl methyl sites for hydroxylation is 1. The van der Waals surface area contributed by atoms with Gasteiger partial charge >= 0.3 is 5.97 Å². The second kappa shape index (κ2) is 7.29. The van der Waals surface area contributed by atoms with E-state index in [-0.39, 0.29) is 12.5 Å². The largest absolute Gasteiger partial charge is 0.497 e. The number of aromatic nitrogens is 1. The number of benzene rings is 1. The molecule has 0 atom stereocenters. The minimum absolute atomic E-state index is 0.0740. The summed E-state index contributed by atoms with van der Waals surface area (Å²) in [6.07, 6.45) is 0.773. The van der Waals surface area contributed by atoms with Crippen molar-refractivity contribution in [2.45, 2.75) is 19.8 Å². The number of hydrogen-bond acceptors (Lipinski definition) is 5. The molecule has 0 aliphatic carbocycles. The molecular weight excluding hydrogens is 336 g/mol. The van der Waals surface area contributed by atoms with Gasteiger partial charge in [-0.2, -0.15) is 0 Å². The van der Waals surface area contributed by atoms with Crippen molar-refractivity contribution in [2.75, 3.05) is 26.9 Å². The first-order chi connectivity index (χ1) is 12.4. The summed E-state index contributed by atoms with van der Waals surface area (Å²) in [5.74, 6) is -0.522. The molecule has 0 radical (unpaired) electrons. The van der Waals surface area contributed by atoms with Crippen molar-refractivity contribution in [1.29, 1.82) is 0 Å². The number of hydrogen-bond donors (Lipinski definition) is 2. The molecule has 1 fully saturated rings. The van der Waals surface area contributed by atoms with Crippen molar-refractivity contribution >= 4 is 22.8 Å². The van der Waals surface area contributed by atoms with Gasteiger partial charge in [0.1, 0.15) is 5.75 Å². The maximum Gasteiger partial charge on any atom is 0.311 e. The minimum Gasteiger partial charge on any atom is -0.497 e. The molecule has 2 N–H and O–H groups in total. The lowest BCUT2D eigenvalue weighted by Gasteiger charge is -2.33. The Balaban J connectivity index is 1.81. The number of ether oxygens (including phenoxy) is 2. The zero-order valence-corrected chi connectivity index (χ0v) is 14.9. The van der Waals surface area contributed by atoms with E-state index in [9.17, 15) is 14.7 Å². The van der Waals surface area contributed by atoms with Gasteiger partial charge in [-0.3, -0.25) is 14.6 Å². The molecule has 1 aromatic heterocycles. The van der Waals surface area contributed by atoms with Gasteiger partial charge in [0.2, 0.25) is 0 Å². The zero-order chi connectivity index (χ0) is 18.7. The average Bonchev–Trinajstić information content (AvgIpc) is 2.65. The van der Waals surface area contributed by atoms with Crippen LogP contribution >= 0.6 is 0 Å². The summed E-state index contributed by atoms with van der Waals surface area (Å²) in [6.45, 7) is 2.61. The van der Waals surface area contributed by atoms with Crippen LogP contribution in [-0.4, -0.2) is 48.8 Å². The highest BCUT2D eigenvalue weighted by Gasteiger charge is 2.40. The van der Waals surface area contributed by atoms with Crippen LogP contribution < -0.4 is 10.1 Å². The van der Waals surface area contributed by atoms with Crippen LogP contribution in [0.5, 0.6) is 5.75 Å². The van der Waals surface area contributed by atoms with Crippen LogP contribution in [0.4, 0.5) is 0 Å². The summed E-state index contributed by atoms with van der Waals surface area (Å²) in [5, 5.41) is 13.2. The lowest BCUT2D eigenvalue weighted by atomic mass is 9.80. The Kier molecular flexibility index (Phi) is 5.08. The number of nitrogens with one attached hydrogen (secondary N) is 1. The molecule has 0 unspecified atom stereocenters. The molecule has 0 bridgehead atoms. The van der Waals surface area contributed by atoms with Gasteiger partial charge in [-0.1, -0.05) is 0 Å². The van der Waals surface area contributed by atoms with E-state index in [0.717, 1.165) is 10.9 Å². The zero-order valence-electron chi connectivity index (χ0n) is 14.9. The van der Waals surface area contributed by atoms with E-state index in [1.54, 1.807) is 20.1 Å². The maximum absolute atomic E-state index is 12.6. The number of rotatable bonds is 5. The second-order valence-corrected chi connectivity index (χ2v) is 6.56. The van der Waals surface area contributed by atoms with Gasteiger partial charge in [0.25, 0.3) is 5.91 Å². The number of carboxylic acid groups (broad SMARTS) is 1. The van der Waals surface area contributed by atoms with Crippen LogP contribution in [0.25, 0.3) is 10.9 Å². The normalized spacial score (nSPS) is 16.2. The average molecular weight is 358 g/mol. The summed E-state index contributed by atoms with van der Waals surface area (Å²) >= 11 is 0. The van der Waals surface area contributed by atoms with Crippen LogP contribution in [-0.2, 0) is 9.53 Å². The van der Waals surface area contributed by atoms with Crippen LogP contribution in [0.15, 0.2) is 24.3 Å². The number of pyridine rings is 1. The molecule has 1 aliphatic rings. The molecule has 3 rings (SSSR count). The van der Waals surface area contributed by atoms with E-state index in [4.69, 9.17) is 9.47 Å². The maximum atomic E-state index is 12.6. The van der Waals surface area contributed by atoms with Crippen molar-refractivity contribution in [1.82, 2.24) is 10.3 Å². The van der Waals surface area contributed by atoms with Crippen LogP contribution in [0.2, 0.25) is 0 Å². The number of carbonyl (C=O) groups excluding carboxylic acids is 1. The molecule has 138 valence electrons. The van der Waals surface area contributed by atoms with Crippen LogP contribution in [0.1, 0.15) is 28.9 Å². The third-order valence-corrected chi connectivity index (χ3v) is 4.95. The third-order valence-electron chi connectivity index (χ3n) is 4.95. The Labute approximate surface area is 151 Å². The molecular formula is C19H22N2O5. The highest BCUT2D eigenvalue weighted by Crippen LogP contribution is 2.30. The highest BCUT2D eigenvalue weighted by molar-refractivity contribution is 5.99. The van der Waals surface area contributed by atoms with Gasteiger partial charge < -0.3 is 19.9 Å². The van der Waals surface area contributed by atoms with E-state index in [2.05, 4.69) is 10.3 Å². The first kappa shape index (κ1) is 18.1. The van der Waals surface area contributed by atoms with Gasteiger partial charge in [-0.15, -0.1) is 0 Å². The number of amides is 1. The molecule has 0 spiro atoms. The number of carbonyl (C=O) groups is 2. The summed E-state index contributed by atoms with van der Waals surface area (Å²) in [7, 11) is 1.59.